The first kappa shape index (κ1) is 12.6. The molecule has 1 atom stereocenters. The lowest BCUT2D eigenvalue weighted by atomic mass is 9.98. The van der Waals surface area contributed by atoms with E-state index >= 15 is 0 Å². The summed E-state index contributed by atoms with van der Waals surface area (Å²) >= 11 is 3.43. The number of ether oxygens (including phenoxy) is 1. The van der Waals surface area contributed by atoms with Gasteiger partial charge in [-0.1, -0.05) is 0 Å². The molecular weight excluding hydrogens is 294 g/mol. The van der Waals surface area contributed by atoms with Crippen LogP contribution in [0.1, 0.15) is 19.3 Å². The minimum absolute atomic E-state index is 0.485. The fourth-order valence-corrected chi connectivity index (χ4v) is 3.21. The number of likely N-dealkylation sites (tertiary alicyclic amines) is 1. The van der Waals surface area contributed by atoms with E-state index in [-0.39, 0.29) is 0 Å². The first-order valence-corrected chi connectivity index (χ1v) is 7.61. The molecule has 0 aliphatic carbocycles. The van der Waals surface area contributed by atoms with Crippen molar-refractivity contribution in [1.82, 2.24) is 14.7 Å². The first-order chi connectivity index (χ1) is 8.79. The second-order valence-corrected chi connectivity index (χ2v) is 6.37. The Bertz CT molecular complexity index is 383. The Morgan fingerprint density at radius 3 is 2.89 bits per heavy atom. The molecule has 0 N–H and O–H groups in total. The monoisotopic (exact) mass is 313 g/mol. The Morgan fingerprint density at radius 2 is 2.22 bits per heavy atom. The van der Waals surface area contributed by atoms with Crippen LogP contribution in [-0.4, -0.2) is 47.0 Å². The van der Waals surface area contributed by atoms with Crippen LogP contribution < -0.4 is 0 Å². The predicted molar refractivity (Wildman–Crippen MR) is 73.4 cm³/mol. The summed E-state index contributed by atoms with van der Waals surface area (Å²) in [6.45, 7) is 5.50. The van der Waals surface area contributed by atoms with Crippen LogP contribution in [0.15, 0.2) is 16.9 Å². The van der Waals surface area contributed by atoms with Crippen LogP contribution in [0, 0.1) is 5.92 Å². The van der Waals surface area contributed by atoms with E-state index in [1.165, 1.54) is 32.4 Å². The molecule has 100 valence electrons. The van der Waals surface area contributed by atoms with Crippen molar-refractivity contribution in [3.05, 3.63) is 16.9 Å². The van der Waals surface area contributed by atoms with E-state index in [9.17, 15) is 0 Å². The Balaban J connectivity index is 1.37. The Morgan fingerprint density at radius 1 is 1.33 bits per heavy atom. The van der Waals surface area contributed by atoms with Gasteiger partial charge < -0.3 is 4.74 Å². The fraction of sp³-hybridized carbons (Fsp3) is 0.769. The van der Waals surface area contributed by atoms with E-state index in [0.717, 1.165) is 30.1 Å². The van der Waals surface area contributed by atoms with Crippen molar-refractivity contribution in [3.63, 3.8) is 0 Å². The van der Waals surface area contributed by atoms with Gasteiger partial charge in [-0.2, -0.15) is 5.10 Å². The second kappa shape index (κ2) is 5.72. The van der Waals surface area contributed by atoms with E-state index in [4.69, 9.17) is 4.74 Å². The quantitative estimate of drug-likeness (QED) is 0.853. The zero-order chi connectivity index (χ0) is 12.4. The van der Waals surface area contributed by atoms with Gasteiger partial charge in [0.1, 0.15) is 0 Å². The van der Waals surface area contributed by atoms with Crippen molar-refractivity contribution >= 4 is 15.9 Å². The highest BCUT2D eigenvalue weighted by Gasteiger charge is 2.29. The average Bonchev–Trinajstić information content (AvgIpc) is 2.73. The van der Waals surface area contributed by atoms with E-state index < -0.39 is 0 Å². The van der Waals surface area contributed by atoms with Gasteiger partial charge in [-0.15, -0.1) is 0 Å². The second-order valence-electron chi connectivity index (χ2n) is 5.45. The molecule has 18 heavy (non-hydrogen) atoms. The van der Waals surface area contributed by atoms with E-state index in [2.05, 4.69) is 25.9 Å². The van der Waals surface area contributed by atoms with Crippen molar-refractivity contribution in [2.45, 2.75) is 31.9 Å². The molecule has 0 bridgehead atoms. The van der Waals surface area contributed by atoms with Gasteiger partial charge in [0.2, 0.25) is 0 Å². The summed E-state index contributed by atoms with van der Waals surface area (Å²) in [5.41, 5.74) is 0. The zero-order valence-electron chi connectivity index (χ0n) is 10.6. The maximum absolute atomic E-state index is 5.78. The van der Waals surface area contributed by atoms with E-state index in [1.54, 1.807) is 0 Å². The van der Waals surface area contributed by atoms with Gasteiger partial charge in [0.15, 0.2) is 0 Å². The van der Waals surface area contributed by atoms with Crippen molar-refractivity contribution in [2.24, 2.45) is 5.92 Å². The van der Waals surface area contributed by atoms with Crippen LogP contribution in [-0.2, 0) is 11.3 Å². The molecule has 4 nitrogen and oxygen atoms in total. The van der Waals surface area contributed by atoms with Crippen LogP contribution in [0.4, 0.5) is 0 Å². The number of rotatable bonds is 4. The molecule has 1 aromatic rings. The molecule has 2 aliphatic rings. The summed E-state index contributed by atoms with van der Waals surface area (Å²) in [5.74, 6) is 0.750. The molecule has 2 aliphatic heterocycles. The molecule has 0 saturated carbocycles. The Labute approximate surface area is 116 Å². The number of nitrogens with zero attached hydrogens (tertiary/aromatic N) is 3. The topological polar surface area (TPSA) is 30.3 Å². The first-order valence-electron chi connectivity index (χ1n) is 6.81. The van der Waals surface area contributed by atoms with Gasteiger partial charge in [-0.3, -0.25) is 9.58 Å². The molecule has 3 heterocycles. The number of aromatic nitrogens is 2. The molecule has 0 radical (unpaired) electrons. The van der Waals surface area contributed by atoms with Crippen molar-refractivity contribution < 1.29 is 4.74 Å². The summed E-state index contributed by atoms with van der Waals surface area (Å²) in [4.78, 5) is 2.51. The third-order valence-corrected chi connectivity index (χ3v) is 4.23. The van der Waals surface area contributed by atoms with E-state index in [1.807, 2.05) is 17.1 Å². The minimum Gasteiger partial charge on any atom is -0.377 e. The third-order valence-electron chi connectivity index (χ3n) is 3.82. The highest BCUT2D eigenvalue weighted by atomic mass is 79.9. The molecule has 0 amide bonds. The maximum Gasteiger partial charge on any atom is 0.0702 e. The summed E-state index contributed by atoms with van der Waals surface area (Å²) in [5, 5.41) is 4.30. The smallest absolute Gasteiger partial charge is 0.0702 e. The zero-order valence-corrected chi connectivity index (χ0v) is 12.2. The minimum atomic E-state index is 0.485. The van der Waals surface area contributed by atoms with Crippen LogP contribution in [0.2, 0.25) is 0 Å². The standard InChI is InChI=1S/C13H20BrN3O/c14-12-5-15-17(9-12)8-11-6-16(7-11)10-13-3-1-2-4-18-13/h5,9,11,13H,1-4,6-8,10H2. The van der Waals surface area contributed by atoms with Crippen molar-refractivity contribution in [1.29, 1.82) is 0 Å². The van der Waals surface area contributed by atoms with Gasteiger partial charge in [0.05, 0.1) is 16.8 Å². The van der Waals surface area contributed by atoms with Crippen LogP contribution in [0.3, 0.4) is 0 Å². The molecule has 5 heteroatoms. The number of halogens is 1. The molecule has 3 rings (SSSR count). The summed E-state index contributed by atoms with van der Waals surface area (Å²) in [6, 6.07) is 0. The fourth-order valence-electron chi connectivity index (χ4n) is 2.88. The molecule has 2 fully saturated rings. The van der Waals surface area contributed by atoms with Gasteiger partial charge in [0, 0.05) is 44.9 Å². The molecular formula is C13H20BrN3O. The summed E-state index contributed by atoms with van der Waals surface area (Å²) in [6.07, 6.45) is 8.21. The summed E-state index contributed by atoms with van der Waals surface area (Å²) < 4.78 is 8.87. The highest BCUT2D eigenvalue weighted by molar-refractivity contribution is 9.10. The summed E-state index contributed by atoms with van der Waals surface area (Å²) in [7, 11) is 0. The Kier molecular flexibility index (Phi) is 4.01. The van der Waals surface area contributed by atoms with Gasteiger partial charge in [0.25, 0.3) is 0 Å². The van der Waals surface area contributed by atoms with Crippen molar-refractivity contribution in [2.75, 3.05) is 26.2 Å². The van der Waals surface area contributed by atoms with E-state index in [0.29, 0.717) is 6.10 Å². The van der Waals surface area contributed by atoms with Gasteiger partial charge in [-0.25, -0.2) is 0 Å². The molecule has 0 aromatic carbocycles. The number of hydrogen-bond acceptors (Lipinski definition) is 3. The van der Waals surface area contributed by atoms with Crippen LogP contribution in [0.5, 0.6) is 0 Å². The third kappa shape index (κ3) is 3.13. The lowest BCUT2D eigenvalue weighted by Gasteiger charge is -2.41. The highest BCUT2D eigenvalue weighted by Crippen LogP contribution is 2.21. The SMILES string of the molecule is Brc1cnn(CC2CN(CC3CCCCO3)C2)c1. The Hall–Kier alpha value is -0.390. The lowest BCUT2D eigenvalue weighted by Crippen LogP contribution is -2.51. The van der Waals surface area contributed by atoms with Crippen molar-refractivity contribution in [3.8, 4) is 0 Å². The lowest BCUT2D eigenvalue weighted by molar-refractivity contribution is -0.0321. The normalized spacial score (nSPS) is 26.2. The van der Waals surface area contributed by atoms with Crippen LogP contribution >= 0.6 is 15.9 Å². The molecule has 1 unspecified atom stereocenters. The van der Waals surface area contributed by atoms with Gasteiger partial charge >= 0.3 is 0 Å². The molecule has 1 aromatic heterocycles. The van der Waals surface area contributed by atoms with Gasteiger partial charge in [-0.05, 0) is 35.2 Å². The maximum atomic E-state index is 5.78. The predicted octanol–water partition coefficient (Wildman–Crippen LogP) is 2.15. The average molecular weight is 314 g/mol. The largest absolute Gasteiger partial charge is 0.377 e. The molecule has 2 saturated heterocycles. The van der Waals surface area contributed by atoms with Crippen LogP contribution in [0.25, 0.3) is 0 Å². The molecule has 0 spiro atoms. The number of hydrogen-bond donors (Lipinski definition) is 0.